The first kappa shape index (κ1) is 6.01. The average Bonchev–Trinajstić information content (AvgIpc) is 2.12. The van der Waals surface area contributed by atoms with Crippen LogP contribution in [-0.4, -0.2) is 24.5 Å². The Bertz CT molecular complexity index is 68.8. The summed E-state index contributed by atoms with van der Waals surface area (Å²) in [5.41, 5.74) is 0. The minimum Gasteiger partial charge on any atom is -0.375 e. The van der Waals surface area contributed by atoms with E-state index in [4.69, 9.17) is 9.94 Å². The van der Waals surface area contributed by atoms with Crippen LogP contribution >= 0.6 is 0 Å². The molecular formula is C5H11NO2. The van der Waals surface area contributed by atoms with E-state index >= 15 is 0 Å². The molecule has 0 radical (unpaired) electrons. The number of nitrogens with one attached hydrogen (secondary N) is 1. The minimum atomic E-state index is 0.204. The van der Waals surface area contributed by atoms with Gasteiger partial charge in [-0.05, 0) is 0 Å². The highest BCUT2D eigenvalue weighted by atomic mass is 16.5. The SMILES string of the molecule is [CH2-][NH+](O)C1CCOC1. The van der Waals surface area contributed by atoms with E-state index in [0.29, 0.717) is 6.61 Å². The molecule has 0 saturated carbocycles. The number of hydrogen-bond acceptors (Lipinski definition) is 2. The molecule has 0 aromatic carbocycles. The van der Waals surface area contributed by atoms with Gasteiger partial charge in [0.15, 0.2) is 0 Å². The Labute approximate surface area is 48.8 Å². The van der Waals surface area contributed by atoms with Crippen LogP contribution in [0.15, 0.2) is 0 Å². The minimum absolute atomic E-state index is 0.204. The second-order valence-electron chi connectivity index (χ2n) is 2.05. The predicted octanol–water partition coefficient (Wildman–Crippen LogP) is -1.16. The van der Waals surface area contributed by atoms with Gasteiger partial charge in [0.1, 0.15) is 6.04 Å². The van der Waals surface area contributed by atoms with E-state index in [1.807, 2.05) is 0 Å². The maximum Gasteiger partial charge on any atom is 0.118 e. The highest BCUT2D eigenvalue weighted by Gasteiger charge is 2.19. The van der Waals surface area contributed by atoms with Crippen molar-refractivity contribution >= 4 is 0 Å². The van der Waals surface area contributed by atoms with Gasteiger partial charge in [-0.3, -0.25) is 0 Å². The Hall–Kier alpha value is -0.120. The highest BCUT2D eigenvalue weighted by Crippen LogP contribution is 1.98. The fourth-order valence-electron chi connectivity index (χ4n) is 0.797. The van der Waals surface area contributed by atoms with Crippen LogP contribution in [0, 0.1) is 7.05 Å². The maximum atomic E-state index is 8.78. The molecule has 1 aliphatic heterocycles. The fraction of sp³-hybridized carbons (Fsp3) is 0.800. The Morgan fingerprint density at radius 3 is 2.75 bits per heavy atom. The Balaban J connectivity index is 2.24. The highest BCUT2D eigenvalue weighted by molar-refractivity contribution is 4.58. The monoisotopic (exact) mass is 117 g/mol. The van der Waals surface area contributed by atoms with E-state index in [0.717, 1.165) is 13.0 Å². The summed E-state index contributed by atoms with van der Waals surface area (Å²) in [7, 11) is 3.41. The molecule has 8 heavy (non-hydrogen) atoms. The van der Waals surface area contributed by atoms with Crippen molar-refractivity contribution in [2.24, 2.45) is 0 Å². The molecular weight excluding hydrogens is 106 g/mol. The van der Waals surface area contributed by atoms with Crippen LogP contribution in [-0.2, 0) is 4.74 Å². The second kappa shape index (κ2) is 2.44. The number of ether oxygens (including phenoxy) is 1. The van der Waals surface area contributed by atoms with Gasteiger partial charge in [0.2, 0.25) is 0 Å². The van der Waals surface area contributed by atoms with Crippen LogP contribution in [0.2, 0.25) is 0 Å². The van der Waals surface area contributed by atoms with Crippen molar-refractivity contribution in [1.29, 1.82) is 0 Å². The van der Waals surface area contributed by atoms with Gasteiger partial charge >= 0.3 is 0 Å². The van der Waals surface area contributed by atoms with Crippen LogP contribution < -0.4 is 5.06 Å². The van der Waals surface area contributed by atoms with E-state index in [2.05, 4.69) is 7.05 Å². The second-order valence-corrected chi connectivity index (χ2v) is 2.05. The molecule has 2 N–H and O–H groups in total. The summed E-state index contributed by atoms with van der Waals surface area (Å²) in [5, 5.41) is 9.04. The zero-order chi connectivity index (χ0) is 5.98. The largest absolute Gasteiger partial charge is 0.375 e. The summed E-state index contributed by atoms with van der Waals surface area (Å²) in [4.78, 5) is 0. The van der Waals surface area contributed by atoms with Gasteiger partial charge in [0, 0.05) is 6.42 Å². The van der Waals surface area contributed by atoms with E-state index in [9.17, 15) is 0 Å². The molecule has 3 nitrogen and oxygen atoms in total. The van der Waals surface area contributed by atoms with Crippen molar-refractivity contribution in [1.82, 2.24) is 0 Å². The standard InChI is InChI=1S/C5H11NO2/c1-6(7)5-2-3-8-4-5/h5-7H,1-4H2. The molecule has 0 amide bonds. The first-order chi connectivity index (χ1) is 3.80. The molecule has 2 atom stereocenters. The van der Waals surface area contributed by atoms with E-state index in [-0.39, 0.29) is 11.1 Å². The van der Waals surface area contributed by atoms with Gasteiger partial charge in [-0.25, -0.2) is 5.21 Å². The normalized spacial score (nSPS) is 33.0. The summed E-state index contributed by atoms with van der Waals surface area (Å²) in [6.45, 7) is 1.42. The molecule has 1 rings (SSSR count). The van der Waals surface area contributed by atoms with Gasteiger partial charge in [-0.1, -0.05) is 0 Å². The molecule has 0 spiro atoms. The maximum absolute atomic E-state index is 8.78. The first-order valence-electron chi connectivity index (χ1n) is 2.76. The summed E-state index contributed by atoms with van der Waals surface area (Å²) in [6, 6.07) is 0.204. The molecule has 0 bridgehead atoms. The molecule has 0 aromatic rings. The van der Waals surface area contributed by atoms with Gasteiger partial charge in [0.25, 0.3) is 0 Å². The van der Waals surface area contributed by atoms with E-state index in [1.54, 1.807) is 0 Å². The lowest BCUT2D eigenvalue weighted by Gasteiger charge is -2.16. The Kier molecular flexibility index (Phi) is 1.83. The number of rotatable bonds is 1. The molecule has 1 aliphatic rings. The van der Waals surface area contributed by atoms with Gasteiger partial charge in [-0.15, -0.1) is 7.05 Å². The van der Waals surface area contributed by atoms with Gasteiger partial charge < -0.3 is 9.80 Å². The molecule has 1 fully saturated rings. The molecule has 0 aliphatic carbocycles. The van der Waals surface area contributed by atoms with Crippen molar-refractivity contribution in [3.63, 3.8) is 0 Å². The van der Waals surface area contributed by atoms with Crippen LogP contribution in [0.25, 0.3) is 0 Å². The van der Waals surface area contributed by atoms with Crippen molar-refractivity contribution in [3.8, 4) is 0 Å². The Morgan fingerprint density at radius 1 is 1.75 bits per heavy atom. The van der Waals surface area contributed by atoms with Crippen LogP contribution in [0.3, 0.4) is 0 Å². The molecule has 0 aromatic heterocycles. The van der Waals surface area contributed by atoms with Crippen molar-refractivity contribution in [2.45, 2.75) is 12.5 Å². The van der Waals surface area contributed by atoms with Gasteiger partial charge in [0.05, 0.1) is 13.2 Å². The van der Waals surface area contributed by atoms with Crippen LogP contribution in [0.5, 0.6) is 0 Å². The van der Waals surface area contributed by atoms with Crippen LogP contribution in [0.1, 0.15) is 6.42 Å². The zero-order valence-electron chi connectivity index (χ0n) is 4.76. The number of quaternary nitrogens is 1. The van der Waals surface area contributed by atoms with Crippen molar-refractivity contribution in [3.05, 3.63) is 7.05 Å². The third kappa shape index (κ3) is 1.18. The summed E-state index contributed by atoms with van der Waals surface area (Å²) >= 11 is 0. The summed E-state index contributed by atoms with van der Waals surface area (Å²) in [5.74, 6) is 0. The molecule has 2 unspecified atom stereocenters. The summed E-state index contributed by atoms with van der Waals surface area (Å²) in [6.07, 6.45) is 0.926. The van der Waals surface area contributed by atoms with E-state index in [1.165, 1.54) is 0 Å². The molecule has 1 saturated heterocycles. The van der Waals surface area contributed by atoms with Crippen LogP contribution in [0.4, 0.5) is 0 Å². The lowest BCUT2D eigenvalue weighted by Crippen LogP contribution is -3.08. The Morgan fingerprint density at radius 2 is 2.50 bits per heavy atom. The summed E-state index contributed by atoms with van der Waals surface area (Å²) < 4.78 is 5.00. The quantitative estimate of drug-likeness (QED) is 0.335. The predicted molar refractivity (Wildman–Crippen MR) is 27.3 cm³/mol. The third-order valence-electron chi connectivity index (χ3n) is 1.40. The number of hydrogen-bond donors (Lipinski definition) is 2. The smallest absolute Gasteiger partial charge is 0.118 e. The lowest BCUT2D eigenvalue weighted by atomic mass is 10.3. The fourth-order valence-corrected chi connectivity index (χ4v) is 0.797. The third-order valence-corrected chi connectivity index (χ3v) is 1.40. The zero-order valence-corrected chi connectivity index (χ0v) is 4.76. The lowest BCUT2D eigenvalue weighted by molar-refractivity contribution is -1.07. The molecule has 3 heteroatoms. The average molecular weight is 117 g/mol. The first-order valence-corrected chi connectivity index (χ1v) is 2.76. The number of hydroxylamine groups is 2. The van der Waals surface area contributed by atoms with Crippen molar-refractivity contribution in [2.75, 3.05) is 13.2 Å². The molecule has 1 heterocycles. The van der Waals surface area contributed by atoms with E-state index < -0.39 is 0 Å². The van der Waals surface area contributed by atoms with Gasteiger partial charge in [-0.2, -0.15) is 0 Å². The molecule has 48 valence electrons. The topological polar surface area (TPSA) is 33.9 Å². The van der Waals surface area contributed by atoms with Crippen molar-refractivity contribution < 1.29 is 15.0 Å².